The molecule has 8 aromatic rings. The van der Waals surface area contributed by atoms with Crippen molar-refractivity contribution in [2.45, 2.75) is 17.8 Å². The molecule has 2 aliphatic rings. The Morgan fingerprint density at radius 1 is 0.380 bits per heavy atom. The number of rotatable bonds is 4. The molecule has 1 aliphatic carbocycles. The number of para-hydroxylation sites is 1. The SMILES string of the molecule is CC1(c2ccccc2)c2ccccc2Oc2cccc(-c3ccc(C4(c5ccccc5)c5ccccc5-c5ccc6ccccc6c54)cc3)c21. The van der Waals surface area contributed by atoms with Gasteiger partial charge in [-0.1, -0.05) is 176 Å². The van der Waals surface area contributed by atoms with Gasteiger partial charge in [0, 0.05) is 11.1 Å². The van der Waals surface area contributed by atoms with E-state index in [0.29, 0.717) is 0 Å². The average Bonchev–Trinajstić information content (AvgIpc) is 3.50. The standard InChI is InChI=1S/C49H34O/c1-48(35-16-4-2-5-17-35)43-24-12-13-25-44(43)50-45-26-14-22-39(47(45)48)34-27-30-37(31-28-34)49(36-18-6-3-7-19-36)42-23-11-10-21-40(42)41-32-29-33-15-8-9-20-38(33)46(41)49/h2-32H,1H3. The Hall–Kier alpha value is -6.18. The Bertz CT molecular complexity index is 2570. The Kier molecular flexibility index (Phi) is 6.29. The van der Waals surface area contributed by atoms with Crippen molar-refractivity contribution in [3.63, 3.8) is 0 Å². The van der Waals surface area contributed by atoms with Gasteiger partial charge in [-0.2, -0.15) is 0 Å². The van der Waals surface area contributed by atoms with Gasteiger partial charge in [0.15, 0.2) is 0 Å². The molecule has 1 aliphatic heterocycles. The molecule has 0 N–H and O–H groups in total. The third-order valence-corrected chi connectivity index (χ3v) is 11.3. The van der Waals surface area contributed by atoms with Crippen LogP contribution >= 0.6 is 0 Å². The summed E-state index contributed by atoms with van der Waals surface area (Å²) in [6.07, 6.45) is 0. The maximum absolute atomic E-state index is 6.65. The van der Waals surface area contributed by atoms with Gasteiger partial charge >= 0.3 is 0 Å². The number of hydrogen-bond donors (Lipinski definition) is 0. The third-order valence-electron chi connectivity index (χ3n) is 11.3. The van der Waals surface area contributed by atoms with Crippen LogP contribution in [0.4, 0.5) is 0 Å². The predicted octanol–water partition coefficient (Wildman–Crippen LogP) is 12.3. The highest BCUT2D eigenvalue weighted by Gasteiger charge is 2.47. The first-order valence-electron chi connectivity index (χ1n) is 17.4. The summed E-state index contributed by atoms with van der Waals surface area (Å²) in [5.41, 5.74) is 12.9. The summed E-state index contributed by atoms with van der Waals surface area (Å²) in [6, 6.07) is 68.7. The molecule has 1 heterocycles. The molecule has 0 bridgehead atoms. The first-order valence-corrected chi connectivity index (χ1v) is 17.4. The maximum Gasteiger partial charge on any atom is 0.132 e. The molecule has 50 heavy (non-hydrogen) atoms. The molecule has 0 radical (unpaired) electrons. The molecule has 10 rings (SSSR count). The zero-order chi connectivity index (χ0) is 33.3. The molecule has 0 saturated carbocycles. The van der Waals surface area contributed by atoms with E-state index in [1.165, 1.54) is 72.0 Å². The van der Waals surface area contributed by atoms with Crippen molar-refractivity contribution in [2.24, 2.45) is 0 Å². The average molecular weight is 639 g/mol. The molecular formula is C49H34O. The van der Waals surface area contributed by atoms with Gasteiger partial charge in [0.25, 0.3) is 0 Å². The third kappa shape index (κ3) is 3.89. The van der Waals surface area contributed by atoms with E-state index >= 15 is 0 Å². The van der Waals surface area contributed by atoms with Crippen molar-refractivity contribution in [1.29, 1.82) is 0 Å². The fraction of sp³-hybridized carbons (Fsp3) is 0.0612. The van der Waals surface area contributed by atoms with Crippen LogP contribution in [0.15, 0.2) is 188 Å². The lowest BCUT2D eigenvalue weighted by molar-refractivity contribution is 0.428. The van der Waals surface area contributed by atoms with Crippen LogP contribution in [0.25, 0.3) is 33.0 Å². The van der Waals surface area contributed by atoms with Crippen LogP contribution in [-0.4, -0.2) is 0 Å². The van der Waals surface area contributed by atoms with Crippen LogP contribution in [0.2, 0.25) is 0 Å². The lowest BCUT2D eigenvalue weighted by atomic mass is 9.66. The summed E-state index contributed by atoms with van der Waals surface area (Å²) in [6.45, 7) is 2.35. The summed E-state index contributed by atoms with van der Waals surface area (Å²) in [5.74, 6) is 1.82. The molecule has 1 heteroatoms. The van der Waals surface area contributed by atoms with Crippen LogP contribution in [0, 0.1) is 0 Å². The minimum Gasteiger partial charge on any atom is -0.457 e. The van der Waals surface area contributed by atoms with Crippen LogP contribution < -0.4 is 4.74 Å². The minimum atomic E-state index is -0.483. The Labute approximate surface area is 293 Å². The second-order valence-corrected chi connectivity index (χ2v) is 13.7. The second kappa shape index (κ2) is 10.9. The summed E-state index contributed by atoms with van der Waals surface area (Å²) in [4.78, 5) is 0. The topological polar surface area (TPSA) is 9.23 Å². The van der Waals surface area contributed by atoms with E-state index in [-0.39, 0.29) is 0 Å². The van der Waals surface area contributed by atoms with Crippen LogP contribution in [0.1, 0.15) is 45.9 Å². The summed E-state index contributed by atoms with van der Waals surface area (Å²) < 4.78 is 6.65. The van der Waals surface area contributed by atoms with Crippen molar-refractivity contribution >= 4 is 10.8 Å². The molecule has 2 unspecified atom stereocenters. The predicted molar refractivity (Wildman–Crippen MR) is 205 cm³/mol. The number of fused-ring (bicyclic) bond motifs is 7. The smallest absolute Gasteiger partial charge is 0.132 e. The van der Waals surface area contributed by atoms with Crippen molar-refractivity contribution in [3.05, 3.63) is 227 Å². The van der Waals surface area contributed by atoms with Crippen LogP contribution in [0.5, 0.6) is 11.5 Å². The van der Waals surface area contributed by atoms with E-state index in [9.17, 15) is 0 Å². The Morgan fingerprint density at radius 3 is 1.78 bits per heavy atom. The van der Waals surface area contributed by atoms with Crippen LogP contribution in [-0.2, 0) is 10.8 Å². The number of hydrogen-bond acceptors (Lipinski definition) is 1. The van der Waals surface area contributed by atoms with Gasteiger partial charge in [-0.05, 0) is 79.9 Å². The quantitative estimate of drug-likeness (QED) is 0.186. The van der Waals surface area contributed by atoms with E-state index in [4.69, 9.17) is 4.74 Å². The molecule has 236 valence electrons. The van der Waals surface area contributed by atoms with Gasteiger partial charge in [0.2, 0.25) is 0 Å². The van der Waals surface area contributed by atoms with Gasteiger partial charge in [-0.3, -0.25) is 0 Å². The fourth-order valence-electron chi connectivity index (χ4n) is 9.10. The highest BCUT2D eigenvalue weighted by atomic mass is 16.5. The van der Waals surface area contributed by atoms with Crippen molar-refractivity contribution in [1.82, 2.24) is 0 Å². The number of benzene rings is 8. The van der Waals surface area contributed by atoms with Gasteiger partial charge in [0.1, 0.15) is 11.5 Å². The maximum atomic E-state index is 6.65. The highest BCUT2D eigenvalue weighted by molar-refractivity contribution is 6.00. The summed E-state index contributed by atoms with van der Waals surface area (Å²) >= 11 is 0. The molecule has 0 spiro atoms. The highest BCUT2D eigenvalue weighted by Crippen LogP contribution is 2.59. The largest absolute Gasteiger partial charge is 0.457 e. The molecule has 1 nitrogen and oxygen atoms in total. The fourth-order valence-corrected chi connectivity index (χ4v) is 9.10. The summed E-state index contributed by atoms with van der Waals surface area (Å²) in [5, 5.41) is 2.55. The second-order valence-electron chi connectivity index (χ2n) is 13.7. The summed E-state index contributed by atoms with van der Waals surface area (Å²) in [7, 11) is 0. The van der Waals surface area contributed by atoms with Gasteiger partial charge in [0.05, 0.1) is 10.8 Å². The molecule has 0 fully saturated rings. The minimum absolute atomic E-state index is 0.409. The van der Waals surface area contributed by atoms with E-state index in [1.54, 1.807) is 0 Å². The van der Waals surface area contributed by atoms with E-state index in [1.807, 2.05) is 0 Å². The van der Waals surface area contributed by atoms with E-state index < -0.39 is 10.8 Å². The monoisotopic (exact) mass is 638 g/mol. The molecule has 2 atom stereocenters. The van der Waals surface area contributed by atoms with Crippen molar-refractivity contribution in [3.8, 4) is 33.8 Å². The Balaban J connectivity index is 1.22. The molecule has 0 amide bonds. The lowest BCUT2D eigenvalue weighted by Gasteiger charge is -2.39. The molecular weight excluding hydrogens is 605 g/mol. The van der Waals surface area contributed by atoms with Crippen molar-refractivity contribution in [2.75, 3.05) is 0 Å². The zero-order valence-electron chi connectivity index (χ0n) is 27.8. The van der Waals surface area contributed by atoms with E-state index in [0.717, 1.165) is 11.5 Å². The number of ether oxygens (including phenoxy) is 1. The van der Waals surface area contributed by atoms with Crippen molar-refractivity contribution < 1.29 is 4.74 Å². The normalized spacial score (nSPS) is 18.4. The van der Waals surface area contributed by atoms with Gasteiger partial charge in [-0.15, -0.1) is 0 Å². The first-order chi connectivity index (χ1) is 24.7. The van der Waals surface area contributed by atoms with Gasteiger partial charge in [-0.25, -0.2) is 0 Å². The first kappa shape index (κ1) is 28.8. The molecule has 8 aromatic carbocycles. The lowest BCUT2D eigenvalue weighted by Crippen LogP contribution is -2.30. The Morgan fingerprint density at radius 2 is 0.980 bits per heavy atom. The van der Waals surface area contributed by atoms with E-state index in [2.05, 4.69) is 195 Å². The molecule has 0 aromatic heterocycles. The molecule has 0 saturated heterocycles. The van der Waals surface area contributed by atoms with Crippen LogP contribution in [0.3, 0.4) is 0 Å². The van der Waals surface area contributed by atoms with Gasteiger partial charge < -0.3 is 4.74 Å². The zero-order valence-corrected chi connectivity index (χ0v) is 27.8.